The summed E-state index contributed by atoms with van der Waals surface area (Å²) in [5.41, 5.74) is 5.98. The van der Waals surface area contributed by atoms with E-state index in [4.69, 9.17) is 10.5 Å². The Bertz CT molecular complexity index is 513. The fourth-order valence-corrected chi connectivity index (χ4v) is 3.84. The van der Waals surface area contributed by atoms with E-state index in [-0.39, 0.29) is 12.0 Å². The molecule has 2 aliphatic rings. The van der Waals surface area contributed by atoms with Crippen molar-refractivity contribution in [1.82, 2.24) is 9.88 Å². The molecular formula is C14H22N4O2S. The van der Waals surface area contributed by atoms with Gasteiger partial charge in [0, 0.05) is 32.8 Å². The summed E-state index contributed by atoms with van der Waals surface area (Å²) in [5, 5.41) is 0.882. The highest BCUT2D eigenvalue weighted by molar-refractivity contribution is 7.18. The second-order valence-corrected chi connectivity index (χ2v) is 6.67. The summed E-state index contributed by atoms with van der Waals surface area (Å²) in [7, 11) is 0. The lowest BCUT2D eigenvalue weighted by molar-refractivity contribution is 0.0566. The smallest absolute Gasteiger partial charge is 0.267 e. The van der Waals surface area contributed by atoms with Crippen LogP contribution in [0.2, 0.25) is 0 Å². The Balaban J connectivity index is 1.77. The summed E-state index contributed by atoms with van der Waals surface area (Å²) in [6.07, 6.45) is 3.31. The summed E-state index contributed by atoms with van der Waals surface area (Å²) in [6.45, 7) is 6.07. The van der Waals surface area contributed by atoms with Gasteiger partial charge in [0.1, 0.15) is 10.7 Å². The minimum Gasteiger partial charge on any atom is -0.382 e. The van der Waals surface area contributed by atoms with Gasteiger partial charge >= 0.3 is 0 Å². The molecule has 3 rings (SSSR count). The van der Waals surface area contributed by atoms with Crippen molar-refractivity contribution in [3.05, 3.63) is 4.88 Å². The van der Waals surface area contributed by atoms with Crippen LogP contribution >= 0.6 is 11.3 Å². The molecule has 1 amide bonds. The van der Waals surface area contributed by atoms with Gasteiger partial charge in [-0.25, -0.2) is 4.98 Å². The van der Waals surface area contributed by atoms with E-state index in [0.29, 0.717) is 23.8 Å². The molecule has 1 aromatic heterocycles. The van der Waals surface area contributed by atoms with Crippen LogP contribution in [0.25, 0.3) is 0 Å². The number of anilines is 2. The van der Waals surface area contributed by atoms with E-state index in [9.17, 15) is 4.79 Å². The molecule has 2 aliphatic heterocycles. The van der Waals surface area contributed by atoms with Crippen molar-refractivity contribution in [2.24, 2.45) is 0 Å². The van der Waals surface area contributed by atoms with Crippen LogP contribution in [0.3, 0.4) is 0 Å². The van der Waals surface area contributed by atoms with E-state index < -0.39 is 0 Å². The number of nitrogen functional groups attached to an aromatic ring is 1. The van der Waals surface area contributed by atoms with Crippen LogP contribution in [0.1, 0.15) is 35.9 Å². The van der Waals surface area contributed by atoms with E-state index in [1.54, 1.807) is 0 Å². The first-order valence-electron chi connectivity index (χ1n) is 7.57. The molecule has 7 heteroatoms. The molecule has 0 bridgehead atoms. The topological polar surface area (TPSA) is 71.7 Å². The number of hydrogen-bond acceptors (Lipinski definition) is 6. The van der Waals surface area contributed by atoms with Crippen LogP contribution < -0.4 is 10.6 Å². The Kier molecular flexibility index (Phi) is 4.30. The van der Waals surface area contributed by atoms with Crippen LogP contribution in [-0.4, -0.2) is 54.7 Å². The van der Waals surface area contributed by atoms with Crippen molar-refractivity contribution >= 4 is 28.2 Å². The molecule has 2 fully saturated rings. The third-order valence-electron chi connectivity index (χ3n) is 3.95. The minimum absolute atomic E-state index is 0.00667. The van der Waals surface area contributed by atoms with E-state index in [2.05, 4.69) is 9.88 Å². The largest absolute Gasteiger partial charge is 0.382 e. The molecule has 0 radical (unpaired) electrons. The fourth-order valence-electron chi connectivity index (χ4n) is 2.84. The van der Waals surface area contributed by atoms with Gasteiger partial charge in [0.15, 0.2) is 5.13 Å². The van der Waals surface area contributed by atoms with E-state index in [1.807, 2.05) is 11.8 Å². The van der Waals surface area contributed by atoms with Crippen molar-refractivity contribution in [3.63, 3.8) is 0 Å². The lowest BCUT2D eigenvalue weighted by atomic mass is 10.3. The Labute approximate surface area is 128 Å². The number of ether oxygens (including phenoxy) is 1. The van der Waals surface area contributed by atoms with Gasteiger partial charge in [-0.05, 0) is 26.2 Å². The van der Waals surface area contributed by atoms with Gasteiger partial charge in [0.25, 0.3) is 5.91 Å². The highest BCUT2D eigenvalue weighted by atomic mass is 32.1. The van der Waals surface area contributed by atoms with E-state index in [1.165, 1.54) is 24.2 Å². The first kappa shape index (κ1) is 14.6. The van der Waals surface area contributed by atoms with Gasteiger partial charge in [-0.3, -0.25) is 4.79 Å². The molecule has 1 atom stereocenters. The highest BCUT2D eigenvalue weighted by Gasteiger charge is 2.27. The number of rotatable bonds is 2. The monoisotopic (exact) mass is 310 g/mol. The number of nitrogens with zero attached hydrogens (tertiary/aromatic N) is 3. The molecule has 0 spiro atoms. The number of carbonyl (C=O) groups is 1. The molecule has 1 aromatic rings. The normalized spacial score (nSPS) is 23.4. The van der Waals surface area contributed by atoms with Crippen LogP contribution in [0.5, 0.6) is 0 Å². The first-order chi connectivity index (χ1) is 10.1. The van der Waals surface area contributed by atoms with Gasteiger partial charge < -0.3 is 20.3 Å². The molecule has 21 heavy (non-hydrogen) atoms. The average molecular weight is 310 g/mol. The summed E-state index contributed by atoms with van der Waals surface area (Å²) in [4.78, 5) is 21.7. The summed E-state index contributed by atoms with van der Waals surface area (Å²) < 4.78 is 5.59. The molecule has 116 valence electrons. The van der Waals surface area contributed by atoms with Crippen molar-refractivity contribution in [2.75, 3.05) is 43.4 Å². The zero-order valence-electron chi connectivity index (χ0n) is 12.4. The second-order valence-electron chi connectivity index (χ2n) is 5.69. The maximum Gasteiger partial charge on any atom is 0.267 e. The number of thiazole rings is 1. The number of nitrogens with two attached hydrogens (primary N) is 1. The number of hydrogen-bond donors (Lipinski definition) is 1. The molecule has 2 saturated heterocycles. The minimum atomic E-state index is -0.00667. The standard InChI is InChI=1S/C14H22N4O2S/c1-10-9-18(7-4-8-20-10)13(19)11-12(15)16-14(21-11)17-5-2-3-6-17/h10H,2-9,15H2,1H3. The SMILES string of the molecule is CC1CN(C(=O)c2sc(N3CCCC3)nc2N)CCCO1. The molecule has 0 saturated carbocycles. The van der Waals surface area contributed by atoms with Crippen molar-refractivity contribution in [3.8, 4) is 0 Å². The Morgan fingerprint density at radius 1 is 1.33 bits per heavy atom. The number of amides is 1. The molecular weight excluding hydrogens is 288 g/mol. The lowest BCUT2D eigenvalue weighted by Crippen LogP contribution is -2.35. The molecule has 0 aliphatic carbocycles. The van der Waals surface area contributed by atoms with Gasteiger partial charge in [0.2, 0.25) is 0 Å². The highest BCUT2D eigenvalue weighted by Crippen LogP contribution is 2.31. The zero-order chi connectivity index (χ0) is 14.8. The Morgan fingerprint density at radius 3 is 2.86 bits per heavy atom. The van der Waals surface area contributed by atoms with Crippen LogP contribution in [-0.2, 0) is 4.74 Å². The third-order valence-corrected chi connectivity index (χ3v) is 5.07. The quantitative estimate of drug-likeness (QED) is 0.898. The predicted molar refractivity (Wildman–Crippen MR) is 83.9 cm³/mol. The van der Waals surface area contributed by atoms with Crippen molar-refractivity contribution in [2.45, 2.75) is 32.3 Å². The fraction of sp³-hybridized carbons (Fsp3) is 0.714. The first-order valence-corrected chi connectivity index (χ1v) is 8.39. The van der Waals surface area contributed by atoms with Crippen LogP contribution in [0.4, 0.5) is 10.9 Å². The van der Waals surface area contributed by atoms with Crippen LogP contribution in [0, 0.1) is 0 Å². The van der Waals surface area contributed by atoms with E-state index >= 15 is 0 Å². The van der Waals surface area contributed by atoms with Crippen LogP contribution in [0.15, 0.2) is 0 Å². The Morgan fingerprint density at radius 2 is 2.10 bits per heavy atom. The lowest BCUT2D eigenvalue weighted by Gasteiger charge is -2.21. The maximum atomic E-state index is 12.7. The zero-order valence-corrected chi connectivity index (χ0v) is 13.2. The summed E-state index contributed by atoms with van der Waals surface area (Å²) in [6, 6.07) is 0. The molecule has 1 unspecified atom stereocenters. The second kappa shape index (κ2) is 6.19. The van der Waals surface area contributed by atoms with Gasteiger partial charge in [-0.2, -0.15) is 0 Å². The predicted octanol–water partition coefficient (Wildman–Crippen LogP) is 1.58. The average Bonchev–Trinajstić information content (AvgIpc) is 3.05. The molecule has 6 nitrogen and oxygen atoms in total. The van der Waals surface area contributed by atoms with Gasteiger partial charge in [-0.15, -0.1) is 0 Å². The maximum absolute atomic E-state index is 12.7. The number of carbonyl (C=O) groups excluding carboxylic acids is 1. The van der Waals surface area contributed by atoms with E-state index in [0.717, 1.165) is 31.2 Å². The van der Waals surface area contributed by atoms with Gasteiger partial charge in [0.05, 0.1) is 6.10 Å². The summed E-state index contributed by atoms with van der Waals surface area (Å²) in [5.74, 6) is 0.359. The number of aromatic nitrogens is 1. The molecule has 2 N–H and O–H groups in total. The van der Waals surface area contributed by atoms with Gasteiger partial charge in [-0.1, -0.05) is 11.3 Å². The molecule has 0 aromatic carbocycles. The van der Waals surface area contributed by atoms with Crippen molar-refractivity contribution < 1.29 is 9.53 Å². The molecule has 3 heterocycles. The third kappa shape index (κ3) is 3.13. The van der Waals surface area contributed by atoms with Crippen molar-refractivity contribution in [1.29, 1.82) is 0 Å². The Hall–Kier alpha value is -1.34. The summed E-state index contributed by atoms with van der Waals surface area (Å²) >= 11 is 1.42.